The number of rotatable bonds is 12. The first-order valence-corrected chi connectivity index (χ1v) is 11.4. The molecule has 0 aliphatic heterocycles. The zero-order valence-electron chi connectivity index (χ0n) is 19.3. The summed E-state index contributed by atoms with van der Waals surface area (Å²) in [6.45, 7) is 11.9. The van der Waals surface area contributed by atoms with Crippen molar-refractivity contribution in [3.05, 3.63) is 46.8 Å². The van der Waals surface area contributed by atoms with E-state index in [1.165, 1.54) is 11.3 Å². The molecule has 3 N–H and O–H groups in total. The fourth-order valence-electron chi connectivity index (χ4n) is 2.86. The van der Waals surface area contributed by atoms with Gasteiger partial charge in [-0.15, -0.1) is 17.9 Å². The Morgan fingerprint density at radius 3 is 2.61 bits per heavy atom. The van der Waals surface area contributed by atoms with Crippen LogP contribution >= 0.6 is 11.3 Å². The van der Waals surface area contributed by atoms with E-state index in [-0.39, 0.29) is 25.1 Å². The van der Waals surface area contributed by atoms with Gasteiger partial charge in [-0.1, -0.05) is 19.1 Å². The van der Waals surface area contributed by atoms with Crippen LogP contribution in [0.3, 0.4) is 0 Å². The Morgan fingerprint density at radius 2 is 2.06 bits per heavy atom. The number of ether oxygens (including phenoxy) is 1. The van der Waals surface area contributed by atoms with Crippen molar-refractivity contribution >= 4 is 23.3 Å². The van der Waals surface area contributed by atoms with Crippen LogP contribution < -0.4 is 10.6 Å². The molecule has 0 radical (unpaired) electrons. The van der Waals surface area contributed by atoms with Crippen LogP contribution in [0.15, 0.2) is 37.1 Å². The number of thiophene rings is 1. The van der Waals surface area contributed by atoms with Crippen molar-refractivity contribution in [1.29, 1.82) is 0 Å². The first-order valence-electron chi connectivity index (χ1n) is 10.5. The Morgan fingerprint density at radius 1 is 1.35 bits per heavy atom. The summed E-state index contributed by atoms with van der Waals surface area (Å²) in [5.41, 5.74) is -0.625. The lowest BCUT2D eigenvalue weighted by atomic mass is 10.1. The van der Waals surface area contributed by atoms with E-state index >= 15 is 0 Å². The lowest BCUT2D eigenvalue weighted by Gasteiger charge is -2.26. The summed E-state index contributed by atoms with van der Waals surface area (Å²) in [5.74, 6) is -0.788. The molecule has 0 aliphatic carbocycles. The highest BCUT2D eigenvalue weighted by atomic mass is 32.1. The van der Waals surface area contributed by atoms with E-state index in [1.807, 2.05) is 24.2 Å². The van der Waals surface area contributed by atoms with Crippen LogP contribution in [0.1, 0.15) is 56.2 Å². The number of allylic oxidation sites excluding steroid dienone is 1. The third kappa shape index (κ3) is 10.5. The molecule has 0 saturated carbocycles. The highest BCUT2D eigenvalue weighted by Gasteiger charge is 2.26. The lowest BCUT2D eigenvalue weighted by molar-refractivity contribution is -0.123. The van der Waals surface area contributed by atoms with Crippen molar-refractivity contribution < 1.29 is 19.4 Å². The molecule has 0 fully saturated rings. The van der Waals surface area contributed by atoms with Crippen molar-refractivity contribution in [2.24, 2.45) is 0 Å². The predicted molar refractivity (Wildman–Crippen MR) is 126 cm³/mol. The minimum Gasteiger partial charge on any atom is -0.444 e. The number of amides is 2. The summed E-state index contributed by atoms with van der Waals surface area (Å²) in [6, 6.07) is 3.48. The second kappa shape index (κ2) is 13.2. The number of aliphatic hydroxyl groups excluding tert-OH is 1. The summed E-state index contributed by atoms with van der Waals surface area (Å²) in [6.07, 6.45) is 6.82. The Hall–Kier alpha value is -2.32. The molecule has 2 unspecified atom stereocenters. The maximum atomic E-state index is 13.2. The lowest BCUT2D eigenvalue weighted by Crippen LogP contribution is -2.45. The largest absolute Gasteiger partial charge is 0.444 e. The number of hydrogen-bond donors (Lipinski definition) is 3. The molecule has 0 aliphatic rings. The number of alkyl carbamates (subject to hydrolysis) is 1. The molecule has 8 heteroatoms. The molecule has 31 heavy (non-hydrogen) atoms. The van der Waals surface area contributed by atoms with Crippen LogP contribution in [0.5, 0.6) is 0 Å². The fraction of sp³-hybridized carbons (Fsp3) is 0.565. The minimum absolute atomic E-state index is 0.0911. The van der Waals surface area contributed by atoms with E-state index in [2.05, 4.69) is 30.2 Å². The van der Waals surface area contributed by atoms with Crippen LogP contribution in [0.4, 0.5) is 4.79 Å². The second-order valence-corrected chi connectivity index (χ2v) is 9.56. The first-order chi connectivity index (χ1) is 14.6. The summed E-state index contributed by atoms with van der Waals surface area (Å²) < 4.78 is 5.29. The van der Waals surface area contributed by atoms with E-state index in [0.29, 0.717) is 13.0 Å². The van der Waals surface area contributed by atoms with Gasteiger partial charge in [-0.25, -0.2) is 4.79 Å². The standard InChI is InChI=1S/C23H37N3O4S/c1-7-9-13-26(6)15-17(10-8-2)25-21(28)19(20-12-11-18(16-27)31-20)14-24-22(29)30-23(3,4)5/h8-9,11-13,17,19,27H,2,7,10,14-16H2,1,3-6H3,(H,24,29)(H,25,28)/b13-9-. The number of hydrogen-bond acceptors (Lipinski definition) is 6. The van der Waals surface area contributed by atoms with Crippen molar-refractivity contribution in [3.63, 3.8) is 0 Å². The van der Waals surface area contributed by atoms with Gasteiger partial charge in [0.05, 0.1) is 12.5 Å². The van der Waals surface area contributed by atoms with Crippen molar-refractivity contribution in [2.75, 3.05) is 20.1 Å². The van der Waals surface area contributed by atoms with Gasteiger partial charge in [-0.3, -0.25) is 4.79 Å². The number of nitrogens with zero attached hydrogens (tertiary/aromatic N) is 1. The maximum absolute atomic E-state index is 13.2. The van der Waals surface area contributed by atoms with Crippen LogP contribution in [-0.2, 0) is 16.1 Å². The number of carbonyl (C=O) groups excluding carboxylic acids is 2. The summed E-state index contributed by atoms with van der Waals surface area (Å²) >= 11 is 1.35. The average Bonchev–Trinajstić information content (AvgIpc) is 3.14. The van der Waals surface area contributed by atoms with Gasteiger partial charge in [0.25, 0.3) is 0 Å². The zero-order valence-corrected chi connectivity index (χ0v) is 20.1. The van der Waals surface area contributed by atoms with E-state index in [9.17, 15) is 14.7 Å². The zero-order chi connectivity index (χ0) is 23.4. The normalized spacial score (nSPS) is 13.5. The minimum atomic E-state index is -0.625. The van der Waals surface area contributed by atoms with Gasteiger partial charge < -0.3 is 25.4 Å². The smallest absolute Gasteiger partial charge is 0.407 e. The molecule has 0 bridgehead atoms. The molecule has 174 valence electrons. The number of carbonyl (C=O) groups is 2. The molecule has 0 saturated heterocycles. The Balaban J connectivity index is 2.93. The Labute approximate surface area is 190 Å². The first kappa shape index (κ1) is 26.7. The van der Waals surface area contributed by atoms with Gasteiger partial charge in [-0.05, 0) is 51.9 Å². The summed E-state index contributed by atoms with van der Waals surface area (Å²) in [7, 11) is 1.96. The Bertz CT molecular complexity index is 739. The van der Waals surface area contributed by atoms with Crippen molar-refractivity contribution in [1.82, 2.24) is 15.5 Å². The third-order valence-corrected chi connectivity index (χ3v) is 5.43. The SMILES string of the molecule is C=CCC(CN(C)/C=C\CC)NC(=O)C(CNC(=O)OC(C)(C)C)c1ccc(CO)s1. The number of nitrogens with one attached hydrogen (secondary N) is 2. The van der Waals surface area contributed by atoms with Crippen LogP contribution in [0.25, 0.3) is 0 Å². The monoisotopic (exact) mass is 451 g/mol. The van der Waals surface area contributed by atoms with Gasteiger partial charge in [0.2, 0.25) is 5.91 Å². The third-order valence-electron chi connectivity index (χ3n) is 4.25. The van der Waals surface area contributed by atoms with Gasteiger partial charge in [0, 0.05) is 35.9 Å². The molecule has 1 heterocycles. The average molecular weight is 452 g/mol. The highest BCUT2D eigenvalue weighted by Crippen LogP contribution is 2.25. The number of likely N-dealkylation sites (N-methyl/N-ethyl adjacent to an activating group) is 1. The molecular weight excluding hydrogens is 414 g/mol. The maximum Gasteiger partial charge on any atom is 0.407 e. The molecule has 1 aromatic heterocycles. The molecule has 1 aromatic rings. The van der Waals surface area contributed by atoms with Crippen molar-refractivity contribution in [2.45, 2.75) is 64.7 Å². The van der Waals surface area contributed by atoms with Crippen LogP contribution in [0.2, 0.25) is 0 Å². The van der Waals surface area contributed by atoms with Gasteiger partial charge in [0.15, 0.2) is 0 Å². The molecule has 0 aromatic carbocycles. The summed E-state index contributed by atoms with van der Waals surface area (Å²) in [5, 5.41) is 15.2. The number of aliphatic hydroxyl groups is 1. The molecule has 7 nitrogen and oxygen atoms in total. The Kier molecular flexibility index (Phi) is 11.3. The molecule has 1 rings (SSSR count). The highest BCUT2D eigenvalue weighted by molar-refractivity contribution is 7.12. The van der Waals surface area contributed by atoms with E-state index in [4.69, 9.17) is 4.74 Å². The quantitative estimate of drug-likeness (QED) is 0.421. The van der Waals surface area contributed by atoms with Crippen LogP contribution in [-0.4, -0.2) is 53.8 Å². The molecule has 0 spiro atoms. The van der Waals surface area contributed by atoms with Crippen molar-refractivity contribution in [3.8, 4) is 0 Å². The molecular formula is C23H37N3O4S. The van der Waals surface area contributed by atoms with E-state index in [0.717, 1.165) is 16.2 Å². The van der Waals surface area contributed by atoms with Gasteiger partial charge in [0.1, 0.15) is 5.60 Å². The summed E-state index contributed by atoms with van der Waals surface area (Å²) in [4.78, 5) is 28.9. The second-order valence-electron chi connectivity index (χ2n) is 8.36. The molecule has 2 atom stereocenters. The molecule has 2 amide bonds. The van der Waals surface area contributed by atoms with E-state index in [1.54, 1.807) is 32.9 Å². The van der Waals surface area contributed by atoms with E-state index < -0.39 is 17.6 Å². The fourth-order valence-corrected chi connectivity index (χ4v) is 3.84. The van der Waals surface area contributed by atoms with Crippen LogP contribution in [0, 0.1) is 0 Å². The topological polar surface area (TPSA) is 90.9 Å². The van der Waals surface area contributed by atoms with Gasteiger partial charge in [-0.2, -0.15) is 0 Å². The van der Waals surface area contributed by atoms with Gasteiger partial charge >= 0.3 is 6.09 Å². The predicted octanol–water partition coefficient (Wildman–Crippen LogP) is 3.77.